The molecule has 2 bridgehead atoms. The van der Waals surface area contributed by atoms with E-state index in [-0.39, 0.29) is 29.4 Å². The number of hydrogen-bond donors (Lipinski definition) is 0. The zero-order valence-corrected chi connectivity index (χ0v) is 18.7. The van der Waals surface area contributed by atoms with Gasteiger partial charge in [-0.3, -0.25) is 0 Å². The Bertz CT molecular complexity index is 1510. The molecule has 166 valence electrons. The van der Waals surface area contributed by atoms with Crippen molar-refractivity contribution in [3.8, 4) is 0 Å². The molecule has 7 rings (SSSR count). The van der Waals surface area contributed by atoms with Crippen LogP contribution in [-0.2, 0) is 12.5 Å². The standard InChI is InChI=1S/C29H23N3O2/c1-30-27(33)31-22-17-18-23(32(31)28(30)34)26(22)29(21-15-9-4-10-16-21)24(19-11-5-2-6-12-19)25(29)20-13-7-3-8-14-20/h2-18,22-23,26H,1H3/t22-,23-/m1/s1. The summed E-state index contributed by atoms with van der Waals surface area (Å²) in [6.07, 6.45) is 4.23. The Morgan fingerprint density at radius 1 is 0.618 bits per heavy atom. The number of fused-ring (bicyclic) bond motifs is 5. The molecule has 0 saturated heterocycles. The fourth-order valence-electron chi connectivity index (χ4n) is 6.53. The van der Waals surface area contributed by atoms with Gasteiger partial charge in [-0.2, -0.15) is 0 Å². The molecular weight excluding hydrogens is 422 g/mol. The van der Waals surface area contributed by atoms with Crippen LogP contribution < -0.4 is 11.4 Å². The molecule has 0 spiro atoms. The van der Waals surface area contributed by atoms with Gasteiger partial charge in [-0.25, -0.2) is 23.5 Å². The third kappa shape index (κ3) is 2.24. The van der Waals surface area contributed by atoms with Gasteiger partial charge in [0.1, 0.15) is 0 Å². The molecule has 2 aliphatic carbocycles. The molecule has 1 aromatic heterocycles. The Labute approximate surface area is 196 Å². The summed E-state index contributed by atoms with van der Waals surface area (Å²) in [7, 11) is 1.56. The normalized spacial score (nSPS) is 23.4. The van der Waals surface area contributed by atoms with Gasteiger partial charge >= 0.3 is 11.4 Å². The second-order valence-corrected chi connectivity index (χ2v) is 9.36. The maximum Gasteiger partial charge on any atom is 0.347 e. The van der Waals surface area contributed by atoms with E-state index in [1.165, 1.54) is 32.4 Å². The third-order valence-corrected chi connectivity index (χ3v) is 7.83. The molecule has 0 N–H and O–H groups in total. The van der Waals surface area contributed by atoms with Gasteiger partial charge in [-0.1, -0.05) is 103 Å². The molecule has 34 heavy (non-hydrogen) atoms. The highest BCUT2D eigenvalue weighted by molar-refractivity contribution is 6.19. The minimum atomic E-state index is -0.410. The SMILES string of the molecule is Cn1c(=O)n2n(c1=O)[C@@H]1C=C[C@@H]2C1C1(c2ccccc2)C(c2ccccc2)=C1c1ccccc1. The van der Waals surface area contributed by atoms with Crippen LogP contribution >= 0.6 is 0 Å². The predicted molar refractivity (Wildman–Crippen MR) is 132 cm³/mol. The van der Waals surface area contributed by atoms with Gasteiger partial charge in [0, 0.05) is 13.0 Å². The van der Waals surface area contributed by atoms with Crippen LogP contribution in [0.5, 0.6) is 0 Å². The second kappa shape index (κ2) is 6.70. The van der Waals surface area contributed by atoms with Crippen molar-refractivity contribution >= 4 is 11.1 Å². The van der Waals surface area contributed by atoms with Crippen molar-refractivity contribution in [3.63, 3.8) is 0 Å². The first-order valence-electron chi connectivity index (χ1n) is 11.7. The summed E-state index contributed by atoms with van der Waals surface area (Å²) in [5, 5.41) is 0. The van der Waals surface area contributed by atoms with E-state index in [1.54, 1.807) is 16.4 Å². The lowest BCUT2D eigenvalue weighted by molar-refractivity contribution is 0.370. The highest BCUT2D eigenvalue weighted by Crippen LogP contribution is 2.73. The number of benzene rings is 3. The number of aromatic nitrogens is 3. The van der Waals surface area contributed by atoms with Crippen molar-refractivity contribution in [3.05, 3.63) is 141 Å². The number of allylic oxidation sites excluding steroid dienone is 4. The first kappa shape index (κ1) is 19.4. The zero-order valence-electron chi connectivity index (χ0n) is 18.7. The highest BCUT2D eigenvalue weighted by Gasteiger charge is 2.67. The van der Waals surface area contributed by atoms with E-state index < -0.39 is 5.41 Å². The van der Waals surface area contributed by atoms with Crippen molar-refractivity contribution < 1.29 is 0 Å². The lowest BCUT2D eigenvalue weighted by atomic mass is 9.71. The van der Waals surface area contributed by atoms with Crippen molar-refractivity contribution in [2.75, 3.05) is 0 Å². The molecule has 1 aliphatic heterocycles. The molecular formula is C29H23N3O2. The minimum Gasteiger partial charge on any atom is -0.246 e. The summed E-state index contributed by atoms with van der Waals surface area (Å²) in [6.45, 7) is 0. The Balaban J connectivity index is 1.51. The molecule has 0 radical (unpaired) electrons. The number of hydrogen-bond acceptors (Lipinski definition) is 2. The average Bonchev–Trinajstić information content (AvgIpc) is 3.10. The molecule has 4 aromatic rings. The van der Waals surface area contributed by atoms with E-state index in [0.717, 1.165) is 0 Å². The van der Waals surface area contributed by atoms with Crippen LogP contribution in [0.25, 0.3) is 11.1 Å². The molecule has 3 aliphatic rings. The summed E-state index contributed by atoms with van der Waals surface area (Å²) in [5.74, 6) is 0.00177. The maximum atomic E-state index is 13.1. The van der Waals surface area contributed by atoms with Crippen LogP contribution in [-0.4, -0.2) is 13.9 Å². The lowest BCUT2D eigenvalue weighted by Gasteiger charge is -2.31. The summed E-state index contributed by atoms with van der Waals surface area (Å²) < 4.78 is 4.56. The zero-order chi connectivity index (χ0) is 23.0. The van der Waals surface area contributed by atoms with Crippen molar-refractivity contribution in [2.24, 2.45) is 13.0 Å². The molecule has 0 fully saturated rings. The first-order chi connectivity index (χ1) is 16.7. The fourth-order valence-corrected chi connectivity index (χ4v) is 6.53. The van der Waals surface area contributed by atoms with Crippen LogP contribution in [0.2, 0.25) is 0 Å². The van der Waals surface area contributed by atoms with Crippen LogP contribution in [0.1, 0.15) is 28.8 Å². The van der Waals surface area contributed by atoms with E-state index >= 15 is 0 Å². The molecule has 2 heterocycles. The van der Waals surface area contributed by atoms with Crippen LogP contribution in [0.15, 0.2) is 113 Å². The molecule has 0 amide bonds. The van der Waals surface area contributed by atoms with E-state index in [2.05, 4.69) is 84.9 Å². The minimum absolute atomic E-state index is 0.00177. The quantitative estimate of drug-likeness (QED) is 0.442. The van der Waals surface area contributed by atoms with Crippen LogP contribution in [0.4, 0.5) is 0 Å². The smallest absolute Gasteiger partial charge is 0.246 e. The Morgan fingerprint density at radius 2 is 1.03 bits per heavy atom. The largest absolute Gasteiger partial charge is 0.347 e. The first-order valence-corrected chi connectivity index (χ1v) is 11.7. The highest BCUT2D eigenvalue weighted by atomic mass is 16.2. The van der Waals surface area contributed by atoms with Gasteiger partial charge in [0.25, 0.3) is 0 Å². The predicted octanol–water partition coefficient (Wildman–Crippen LogP) is 4.19. The van der Waals surface area contributed by atoms with Gasteiger partial charge in [0.05, 0.1) is 17.5 Å². The Morgan fingerprint density at radius 3 is 1.47 bits per heavy atom. The second-order valence-electron chi connectivity index (χ2n) is 9.36. The Hall–Kier alpha value is -4.12. The molecule has 5 heteroatoms. The van der Waals surface area contributed by atoms with Crippen molar-refractivity contribution in [1.82, 2.24) is 13.9 Å². The average molecular weight is 446 g/mol. The summed E-state index contributed by atoms with van der Waals surface area (Å²) in [4.78, 5) is 26.1. The van der Waals surface area contributed by atoms with E-state index in [9.17, 15) is 9.59 Å². The van der Waals surface area contributed by atoms with E-state index in [4.69, 9.17) is 0 Å². The van der Waals surface area contributed by atoms with Crippen LogP contribution in [0.3, 0.4) is 0 Å². The van der Waals surface area contributed by atoms with Gasteiger partial charge in [-0.15, -0.1) is 0 Å². The number of rotatable bonds is 4. The molecule has 0 unspecified atom stereocenters. The summed E-state index contributed by atoms with van der Waals surface area (Å²) >= 11 is 0. The van der Waals surface area contributed by atoms with Gasteiger partial charge in [0.15, 0.2) is 0 Å². The molecule has 5 nitrogen and oxygen atoms in total. The van der Waals surface area contributed by atoms with Crippen molar-refractivity contribution in [1.29, 1.82) is 0 Å². The molecule has 3 aromatic carbocycles. The monoisotopic (exact) mass is 445 g/mol. The van der Waals surface area contributed by atoms with Crippen LogP contribution in [0, 0.1) is 5.92 Å². The van der Waals surface area contributed by atoms with Crippen molar-refractivity contribution in [2.45, 2.75) is 17.5 Å². The number of nitrogens with zero attached hydrogens (tertiary/aromatic N) is 3. The van der Waals surface area contributed by atoms with Gasteiger partial charge in [0.2, 0.25) is 0 Å². The van der Waals surface area contributed by atoms with Gasteiger partial charge in [-0.05, 0) is 27.8 Å². The third-order valence-electron chi connectivity index (χ3n) is 7.83. The Kier molecular flexibility index (Phi) is 3.82. The lowest BCUT2D eigenvalue weighted by Crippen LogP contribution is -2.35. The fraction of sp³-hybridized carbons (Fsp3) is 0.172. The molecule has 2 atom stereocenters. The van der Waals surface area contributed by atoms with E-state index in [1.807, 2.05) is 18.2 Å². The summed E-state index contributed by atoms with van der Waals surface area (Å²) in [6, 6.07) is 31.2. The summed E-state index contributed by atoms with van der Waals surface area (Å²) in [5.41, 5.74) is 5.22. The van der Waals surface area contributed by atoms with Gasteiger partial charge < -0.3 is 0 Å². The topological polar surface area (TPSA) is 48.9 Å². The van der Waals surface area contributed by atoms with E-state index in [0.29, 0.717) is 0 Å². The maximum absolute atomic E-state index is 13.1. The molecule has 0 saturated carbocycles.